The lowest BCUT2D eigenvalue weighted by Gasteiger charge is -2.15. The van der Waals surface area contributed by atoms with Crippen LogP contribution in [0, 0.1) is 6.92 Å². The van der Waals surface area contributed by atoms with E-state index in [0.717, 1.165) is 39.0 Å². The van der Waals surface area contributed by atoms with Crippen molar-refractivity contribution in [3.63, 3.8) is 0 Å². The summed E-state index contributed by atoms with van der Waals surface area (Å²) in [5.41, 5.74) is 5.49. The summed E-state index contributed by atoms with van der Waals surface area (Å²) in [7, 11) is 1.63. The number of nitrogens with one attached hydrogen (secondary N) is 1. The number of amides is 1. The largest absolute Gasteiger partial charge is 0.494 e. The highest BCUT2D eigenvalue weighted by molar-refractivity contribution is 6.04. The first-order valence-electron chi connectivity index (χ1n) is 9.38. The summed E-state index contributed by atoms with van der Waals surface area (Å²) >= 11 is 0. The molecule has 6 heteroatoms. The molecule has 1 amide bonds. The maximum atomic E-state index is 11.6. The van der Waals surface area contributed by atoms with Gasteiger partial charge in [0.05, 0.1) is 25.0 Å². The van der Waals surface area contributed by atoms with Gasteiger partial charge in [0.1, 0.15) is 11.3 Å². The molecule has 2 aromatic heterocycles. The van der Waals surface area contributed by atoms with Crippen molar-refractivity contribution < 1.29 is 9.53 Å². The Morgan fingerprint density at radius 1 is 1.17 bits per heavy atom. The summed E-state index contributed by atoms with van der Waals surface area (Å²) in [5.74, 6) is 0.549. The second kappa shape index (κ2) is 7.75. The lowest BCUT2D eigenvalue weighted by Crippen LogP contribution is -2.07. The van der Waals surface area contributed by atoms with Crippen LogP contribution in [-0.2, 0) is 11.3 Å². The van der Waals surface area contributed by atoms with Crippen LogP contribution in [0.4, 0.5) is 5.69 Å². The fraction of sp³-hybridized carbons (Fsp3) is 0.174. The van der Waals surface area contributed by atoms with Crippen molar-refractivity contribution in [3.05, 3.63) is 72.1 Å². The summed E-state index contributed by atoms with van der Waals surface area (Å²) in [5, 5.41) is 8.09. The topological polar surface area (TPSA) is 69.0 Å². The number of hydrogen-bond acceptors (Lipinski definition) is 4. The van der Waals surface area contributed by atoms with Gasteiger partial charge in [-0.25, -0.2) is 4.98 Å². The summed E-state index contributed by atoms with van der Waals surface area (Å²) in [6, 6.07) is 15.8. The minimum atomic E-state index is -0.121. The highest BCUT2D eigenvalue weighted by Crippen LogP contribution is 2.36. The molecule has 0 aliphatic heterocycles. The fourth-order valence-corrected chi connectivity index (χ4v) is 3.59. The molecule has 0 atom stereocenters. The molecule has 0 saturated heterocycles. The number of anilines is 1. The number of carbonyl (C=O) groups excluding carboxylic acids is 1. The van der Waals surface area contributed by atoms with E-state index >= 15 is 0 Å². The van der Waals surface area contributed by atoms with Crippen molar-refractivity contribution in [2.75, 3.05) is 12.4 Å². The predicted molar refractivity (Wildman–Crippen MR) is 114 cm³/mol. The van der Waals surface area contributed by atoms with E-state index in [2.05, 4.69) is 28.6 Å². The molecule has 0 bridgehead atoms. The number of benzene rings is 2. The second-order valence-electron chi connectivity index (χ2n) is 6.91. The SMILES string of the molecule is COc1ccc(NC(C)=O)c2c(C)cc(-c3ccccc3Cn3cccn3)nc12. The van der Waals surface area contributed by atoms with Crippen molar-refractivity contribution in [3.8, 4) is 17.0 Å². The lowest BCUT2D eigenvalue weighted by atomic mass is 9.99. The van der Waals surface area contributed by atoms with Gasteiger partial charge in [-0.2, -0.15) is 5.10 Å². The van der Waals surface area contributed by atoms with Gasteiger partial charge in [0, 0.05) is 30.3 Å². The van der Waals surface area contributed by atoms with Gasteiger partial charge in [-0.1, -0.05) is 24.3 Å². The Morgan fingerprint density at radius 2 is 2.00 bits per heavy atom. The third-order valence-corrected chi connectivity index (χ3v) is 4.84. The van der Waals surface area contributed by atoms with E-state index in [-0.39, 0.29) is 5.91 Å². The maximum Gasteiger partial charge on any atom is 0.221 e. The van der Waals surface area contributed by atoms with Crippen molar-refractivity contribution in [2.45, 2.75) is 20.4 Å². The third-order valence-electron chi connectivity index (χ3n) is 4.84. The number of pyridine rings is 1. The van der Waals surface area contributed by atoms with Crippen LogP contribution in [0.1, 0.15) is 18.1 Å². The van der Waals surface area contributed by atoms with Gasteiger partial charge in [-0.3, -0.25) is 9.48 Å². The quantitative estimate of drug-likeness (QED) is 0.551. The normalized spacial score (nSPS) is 10.9. The molecule has 1 N–H and O–H groups in total. The smallest absolute Gasteiger partial charge is 0.221 e. The van der Waals surface area contributed by atoms with E-state index in [4.69, 9.17) is 9.72 Å². The van der Waals surface area contributed by atoms with Gasteiger partial charge in [0.2, 0.25) is 5.91 Å². The minimum Gasteiger partial charge on any atom is -0.494 e. The van der Waals surface area contributed by atoms with Gasteiger partial charge < -0.3 is 10.1 Å². The summed E-state index contributed by atoms with van der Waals surface area (Å²) < 4.78 is 7.45. The highest BCUT2D eigenvalue weighted by Gasteiger charge is 2.15. The molecule has 0 saturated carbocycles. The zero-order chi connectivity index (χ0) is 20.4. The number of carbonyl (C=O) groups is 1. The molecule has 6 nitrogen and oxygen atoms in total. The minimum absolute atomic E-state index is 0.121. The van der Waals surface area contributed by atoms with Crippen LogP contribution in [0.5, 0.6) is 5.75 Å². The molecule has 0 aliphatic rings. The molecule has 2 heterocycles. The highest BCUT2D eigenvalue weighted by atomic mass is 16.5. The lowest BCUT2D eigenvalue weighted by molar-refractivity contribution is -0.114. The summed E-state index contributed by atoms with van der Waals surface area (Å²) in [6.07, 6.45) is 3.72. The Hall–Kier alpha value is -3.67. The zero-order valence-corrected chi connectivity index (χ0v) is 16.6. The molecule has 146 valence electrons. The van der Waals surface area contributed by atoms with Crippen LogP contribution in [0.15, 0.2) is 60.9 Å². The molecular formula is C23H22N4O2. The van der Waals surface area contributed by atoms with Crippen molar-refractivity contribution in [1.82, 2.24) is 14.8 Å². The Morgan fingerprint density at radius 3 is 2.72 bits per heavy atom. The Labute approximate surface area is 169 Å². The van der Waals surface area contributed by atoms with Crippen LogP contribution in [0.2, 0.25) is 0 Å². The number of methoxy groups -OCH3 is 1. The molecule has 4 aromatic rings. The van der Waals surface area contributed by atoms with Crippen LogP contribution in [-0.4, -0.2) is 27.8 Å². The van der Waals surface area contributed by atoms with Crippen LogP contribution >= 0.6 is 0 Å². The van der Waals surface area contributed by atoms with E-state index in [0.29, 0.717) is 12.3 Å². The monoisotopic (exact) mass is 386 g/mol. The molecule has 2 aromatic carbocycles. The summed E-state index contributed by atoms with van der Waals surface area (Å²) in [6.45, 7) is 4.18. The van der Waals surface area contributed by atoms with Gasteiger partial charge in [0.15, 0.2) is 0 Å². The van der Waals surface area contributed by atoms with Gasteiger partial charge in [-0.15, -0.1) is 0 Å². The number of nitrogens with zero attached hydrogens (tertiary/aromatic N) is 3. The predicted octanol–water partition coefficient (Wildman–Crippen LogP) is 4.42. The first-order chi connectivity index (χ1) is 14.1. The molecule has 0 aliphatic carbocycles. The molecule has 0 spiro atoms. The zero-order valence-electron chi connectivity index (χ0n) is 16.6. The van der Waals surface area contributed by atoms with E-state index in [1.165, 1.54) is 6.92 Å². The first-order valence-corrected chi connectivity index (χ1v) is 9.38. The fourth-order valence-electron chi connectivity index (χ4n) is 3.59. The molecular weight excluding hydrogens is 364 g/mol. The van der Waals surface area contributed by atoms with Crippen molar-refractivity contribution in [2.24, 2.45) is 0 Å². The molecule has 29 heavy (non-hydrogen) atoms. The average Bonchev–Trinajstić information content (AvgIpc) is 3.21. The van der Waals surface area contributed by atoms with Crippen molar-refractivity contribution in [1.29, 1.82) is 0 Å². The molecule has 0 fully saturated rings. The average molecular weight is 386 g/mol. The Bertz CT molecular complexity index is 1180. The second-order valence-corrected chi connectivity index (χ2v) is 6.91. The van der Waals surface area contributed by atoms with E-state index in [1.807, 2.05) is 48.1 Å². The van der Waals surface area contributed by atoms with Gasteiger partial charge >= 0.3 is 0 Å². The molecule has 0 radical (unpaired) electrons. The number of aromatic nitrogens is 3. The van der Waals surface area contributed by atoms with Gasteiger partial charge in [0.25, 0.3) is 0 Å². The van der Waals surface area contributed by atoms with E-state index in [1.54, 1.807) is 13.3 Å². The van der Waals surface area contributed by atoms with Crippen LogP contribution < -0.4 is 10.1 Å². The number of ether oxygens (including phenoxy) is 1. The summed E-state index contributed by atoms with van der Waals surface area (Å²) in [4.78, 5) is 16.6. The Kier molecular flexibility index (Phi) is 4.99. The number of fused-ring (bicyclic) bond motifs is 1. The number of rotatable bonds is 5. The van der Waals surface area contributed by atoms with E-state index < -0.39 is 0 Å². The van der Waals surface area contributed by atoms with E-state index in [9.17, 15) is 4.79 Å². The molecule has 0 unspecified atom stereocenters. The Balaban J connectivity index is 1.89. The molecule has 4 rings (SSSR count). The number of aryl methyl sites for hydroxylation is 1. The first kappa shape index (κ1) is 18.7. The number of hydrogen-bond donors (Lipinski definition) is 1. The van der Waals surface area contributed by atoms with Crippen LogP contribution in [0.3, 0.4) is 0 Å². The van der Waals surface area contributed by atoms with Gasteiger partial charge in [-0.05, 0) is 42.3 Å². The standard InChI is InChI=1S/C23H22N4O2/c1-15-13-20(18-8-5-4-7-17(18)14-27-12-6-11-24-27)26-23-21(29-3)10-9-19(22(15)23)25-16(2)28/h4-13H,14H2,1-3H3,(H,25,28). The third kappa shape index (κ3) is 3.69. The van der Waals surface area contributed by atoms with Crippen molar-refractivity contribution >= 4 is 22.5 Å². The maximum absolute atomic E-state index is 11.6. The van der Waals surface area contributed by atoms with Crippen LogP contribution in [0.25, 0.3) is 22.2 Å².